The van der Waals surface area contributed by atoms with Crippen molar-refractivity contribution in [2.24, 2.45) is 11.8 Å². The summed E-state index contributed by atoms with van der Waals surface area (Å²) in [5.41, 5.74) is 2.42. The van der Waals surface area contributed by atoms with Crippen LogP contribution in [-0.2, 0) is 14.3 Å². The van der Waals surface area contributed by atoms with E-state index in [9.17, 15) is 14.7 Å². The standard InChI is InChI=1S/C23H31NO4/c1-16(2)18-8-6-17(7-9-18)4-3-5-21(25)24-13-10-19(11-14-24)22-20(23(26)27)12-15-28-22/h3-4,6-9,16,19-20,22H,5,10-15H2,1-2H3,(H,26,27)/b4-3+/t20?,22-/m0/s1. The van der Waals surface area contributed by atoms with Gasteiger partial charge in [0.05, 0.1) is 12.0 Å². The number of hydrogen-bond acceptors (Lipinski definition) is 3. The molecule has 2 atom stereocenters. The first-order valence-corrected chi connectivity index (χ1v) is 10.3. The number of carboxylic acids is 1. The zero-order valence-electron chi connectivity index (χ0n) is 16.8. The van der Waals surface area contributed by atoms with E-state index in [1.165, 1.54) is 5.56 Å². The van der Waals surface area contributed by atoms with Crippen LogP contribution in [0.2, 0.25) is 0 Å². The zero-order chi connectivity index (χ0) is 20.1. The maximum absolute atomic E-state index is 12.5. The van der Waals surface area contributed by atoms with Crippen LogP contribution in [0.25, 0.3) is 6.08 Å². The molecule has 0 aliphatic carbocycles. The molecule has 1 aromatic rings. The minimum absolute atomic E-state index is 0.135. The van der Waals surface area contributed by atoms with Crippen molar-refractivity contribution in [3.63, 3.8) is 0 Å². The maximum Gasteiger partial charge on any atom is 0.309 e. The number of aliphatic carboxylic acids is 1. The van der Waals surface area contributed by atoms with Crippen molar-refractivity contribution in [2.75, 3.05) is 19.7 Å². The highest BCUT2D eigenvalue weighted by Gasteiger charge is 2.40. The summed E-state index contributed by atoms with van der Waals surface area (Å²) in [5.74, 6) is -0.258. The monoisotopic (exact) mass is 385 g/mol. The minimum atomic E-state index is -0.757. The molecule has 2 aliphatic heterocycles. The molecular formula is C23H31NO4. The average molecular weight is 386 g/mol. The number of carbonyl (C=O) groups excluding carboxylic acids is 1. The van der Waals surface area contributed by atoms with Crippen molar-refractivity contribution in [3.05, 3.63) is 41.5 Å². The number of hydrogen-bond donors (Lipinski definition) is 1. The number of likely N-dealkylation sites (tertiary alicyclic amines) is 1. The van der Waals surface area contributed by atoms with Crippen LogP contribution in [0.5, 0.6) is 0 Å². The topological polar surface area (TPSA) is 66.8 Å². The fourth-order valence-corrected chi connectivity index (χ4v) is 4.23. The molecule has 5 nitrogen and oxygen atoms in total. The predicted octanol–water partition coefficient (Wildman–Crippen LogP) is 3.94. The third kappa shape index (κ3) is 5.02. The molecule has 1 unspecified atom stereocenters. The molecule has 1 aromatic carbocycles. The maximum atomic E-state index is 12.5. The van der Waals surface area contributed by atoms with Crippen molar-refractivity contribution in [2.45, 2.75) is 51.6 Å². The predicted molar refractivity (Wildman–Crippen MR) is 109 cm³/mol. The quantitative estimate of drug-likeness (QED) is 0.805. The lowest BCUT2D eigenvalue weighted by atomic mass is 9.84. The molecule has 0 saturated carbocycles. The second kappa shape index (κ2) is 9.37. The van der Waals surface area contributed by atoms with E-state index in [1.54, 1.807) is 0 Å². The lowest BCUT2D eigenvalue weighted by molar-refractivity contribution is -0.145. The van der Waals surface area contributed by atoms with Gasteiger partial charge in [0.2, 0.25) is 5.91 Å². The third-order valence-corrected chi connectivity index (χ3v) is 6.02. The molecule has 2 heterocycles. The molecule has 28 heavy (non-hydrogen) atoms. The summed E-state index contributed by atoms with van der Waals surface area (Å²) in [6, 6.07) is 8.43. The number of amides is 1. The molecule has 0 spiro atoms. The summed E-state index contributed by atoms with van der Waals surface area (Å²) < 4.78 is 5.70. The Morgan fingerprint density at radius 1 is 1.18 bits per heavy atom. The Labute approximate surface area is 167 Å². The SMILES string of the molecule is CC(C)c1ccc(/C=C/CC(=O)N2CCC([C@@H]3OCCC3C(=O)O)CC2)cc1. The first-order valence-electron chi connectivity index (χ1n) is 10.3. The van der Waals surface area contributed by atoms with Gasteiger partial charge in [-0.25, -0.2) is 0 Å². The van der Waals surface area contributed by atoms with Gasteiger partial charge in [-0.3, -0.25) is 9.59 Å². The Balaban J connectivity index is 1.45. The van der Waals surface area contributed by atoms with Gasteiger partial charge in [0.25, 0.3) is 0 Å². The summed E-state index contributed by atoms with van der Waals surface area (Å²) in [6.45, 7) is 6.25. The van der Waals surface area contributed by atoms with Gasteiger partial charge in [-0.15, -0.1) is 0 Å². The number of rotatable bonds is 6. The number of ether oxygens (including phenoxy) is 1. The minimum Gasteiger partial charge on any atom is -0.481 e. The second-order valence-electron chi connectivity index (χ2n) is 8.21. The first-order chi connectivity index (χ1) is 13.5. The molecule has 0 aromatic heterocycles. The Morgan fingerprint density at radius 3 is 2.46 bits per heavy atom. The van der Waals surface area contributed by atoms with Crippen molar-refractivity contribution < 1.29 is 19.4 Å². The third-order valence-electron chi connectivity index (χ3n) is 6.02. The Kier molecular flexibility index (Phi) is 6.89. The molecule has 5 heteroatoms. The van der Waals surface area contributed by atoms with Crippen LogP contribution in [0.3, 0.4) is 0 Å². The normalized spacial score (nSPS) is 23.6. The highest BCUT2D eigenvalue weighted by molar-refractivity contribution is 5.78. The molecule has 0 bridgehead atoms. The van der Waals surface area contributed by atoms with Gasteiger partial charge in [-0.1, -0.05) is 50.3 Å². The smallest absolute Gasteiger partial charge is 0.309 e. The molecule has 1 N–H and O–H groups in total. The van der Waals surface area contributed by atoms with E-state index in [1.807, 2.05) is 17.1 Å². The summed E-state index contributed by atoms with van der Waals surface area (Å²) in [4.78, 5) is 25.7. The largest absolute Gasteiger partial charge is 0.481 e. The fraction of sp³-hybridized carbons (Fsp3) is 0.565. The van der Waals surface area contributed by atoms with Crippen molar-refractivity contribution in [3.8, 4) is 0 Å². The molecule has 2 aliphatic rings. The van der Waals surface area contributed by atoms with Crippen molar-refractivity contribution in [1.29, 1.82) is 0 Å². The Hall–Kier alpha value is -2.14. The Bertz CT molecular complexity index is 702. The van der Waals surface area contributed by atoms with Crippen LogP contribution >= 0.6 is 0 Å². The van der Waals surface area contributed by atoms with Gasteiger partial charge in [-0.2, -0.15) is 0 Å². The van der Waals surface area contributed by atoms with Gasteiger partial charge in [-0.05, 0) is 42.2 Å². The van der Waals surface area contributed by atoms with Crippen molar-refractivity contribution >= 4 is 18.0 Å². The zero-order valence-corrected chi connectivity index (χ0v) is 16.8. The van der Waals surface area contributed by atoms with Crippen LogP contribution in [0.4, 0.5) is 0 Å². The van der Waals surface area contributed by atoms with E-state index in [2.05, 4.69) is 38.1 Å². The molecule has 3 rings (SSSR count). The van der Waals surface area contributed by atoms with Crippen LogP contribution in [0.15, 0.2) is 30.3 Å². The Morgan fingerprint density at radius 2 is 1.86 bits per heavy atom. The van der Waals surface area contributed by atoms with Crippen LogP contribution in [0, 0.1) is 11.8 Å². The van der Waals surface area contributed by atoms with Gasteiger partial charge in [0, 0.05) is 26.1 Å². The summed E-state index contributed by atoms with van der Waals surface area (Å²) >= 11 is 0. The lowest BCUT2D eigenvalue weighted by Crippen LogP contribution is -2.43. The van der Waals surface area contributed by atoms with Gasteiger partial charge in [0.15, 0.2) is 0 Å². The average Bonchev–Trinajstić information content (AvgIpc) is 3.18. The molecule has 1 amide bonds. The van der Waals surface area contributed by atoms with E-state index in [-0.39, 0.29) is 17.9 Å². The summed E-state index contributed by atoms with van der Waals surface area (Å²) in [5, 5.41) is 9.34. The van der Waals surface area contributed by atoms with Crippen LogP contribution in [-0.4, -0.2) is 47.7 Å². The molecule has 2 fully saturated rings. The molecule has 152 valence electrons. The molecule has 0 radical (unpaired) electrons. The van der Waals surface area contributed by atoms with Gasteiger partial charge < -0.3 is 14.7 Å². The first kappa shape index (κ1) is 20.6. The number of piperidine rings is 1. The van der Waals surface area contributed by atoms with Crippen LogP contribution < -0.4 is 0 Å². The van der Waals surface area contributed by atoms with Crippen LogP contribution in [0.1, 0.15) is 56.6 Å². The number of nitrogens with zero attached hydrogens (tertiary/aromatic N) is 1. The van der Waals surface area contributed by atoms with E-state index < -0.39 is 11.9 Å². The number of benzene rings is 1. The molecular weight excluding hydrogens is 354 g/mol. The molecule has 2 saturated heterocycles. The van der Waals surface area contributed by atoms with Crippen molar-refractivity contribution in [1.82, 2.24) is 4.90 Å². The van der Waals surface area contributed by atoms with E-state index in [0.29, 0.717) is 38.5 Å². The fourth-order valence-electron chi connectivity index (χ4n) is 4.23. The number of carbonyl (C=O) groups is 2. The van der Waals surface area contributed by atoms with Gasteiger partial charge >= 0.3 is 5.97 Å². The summed E-state index contributed by atoms with van der Waals surface area (Å²) in [6.07, 6.45) is 6.37. The highest BCUT2D eigenvalue weighted by atomic mass is 16.5. The van der Waals surface area contributed by atoms with E-state index in [0.717, 1.165) is 18.4 Å². The number of carboxylic acid groups (broad SMARTS) is 1. The van der Waals surface area contributed by atoms with Gasteiger partial charge in [0.1, 0.15) is 0 Å². The second-order valence-corrected chi connectivity index (χ2v) is 8.21. The summed E-state index contributed by atoms with van der Waals surface area (Å²) in [7, 11) is 0. The lowest BCUT2D eigenvalue weighted by Gasteiger charge is -2.35. The highest BCUT2D eigenvalue weighted by Crippen LogP contribution is 2.33. The van der Waals surface area contributed by atoms with E-state index >= 15 is 0 Å². The van der Waals surface area contributed by atoms with E-state index in [4.69, 9.17) is 4.74 Å².